The van der Waals surface area contributed by atoms with Gasteiger partial charge in [0, 0.05) is 29.0 Å². The zero-order chi connectivity index (χ0) is 19.6. The van der Waals surface area contributed by atoms with E-state index in [9.17, 15) is 9.59 Å². The second kappa shape index (κ2) is 10.2. The Morgan fingerprint density at radius 2 is 1.44 bits per heavy atom. The van der Waals surface area contributed by atoms with Gasteiger partial charge in [-0.1, -0.05) is 49.0 Å². The quantitative estimate of drug-likeness (QED) is 0.350. The van der Waals surface area contributed by atoms with Crippen LogP contribution in [0.1, 0.15) is 0 Å². The van der Waals surface area contributed by atoms with E-state index in [4.69, 9.17) is 30.5 Å². The number of benzene rings is 2. The standard InChI is InChI=1S/C20H19ClO6/c1-3-18(22)25-10-9-24-17-13-16(21)20(15-8-6-5-7-14(15)17)27-12-11-26-19(23)4-2/h3-8,13H,1-2,9-12H2. The largest absolute Gasteiger partial charge is 0.489 e. The SMILES string of the molecule is C=CC(=O)OCCOc1cc(Cl)c(OCCOC(=O)C=C)c2ccccc12. The van der Waals surface area contributed by atoms with Gasteiger partial charge in [0.05, 0.1) is 5.02 Å². The van der Waals surface area contributed by atoms with Gasteiger partial charge < -0.3 is 18.9 Å². The van der Waals surface area contributed by atoms with E-state index in [1.807, 2.05) is 24.3 Å². The number of esters is 2. The zero-order valence-electron chi connectivity index (χ0n) is 14.6. The Morgan fingerprint density at radius 3 is 2.04 bits per heavy atom. The van der Waals surface area contributed by atoms with Crippen molar-refractivity contribution in [3.05, 3.63) is 60.7 Å². The number of halogens is 1. The zero-order valence-corrected chi connectivity index (χ0v) is 15.4. The molecule has 0 atom stereocenters. The number of ether oxygens (including phenoxy) is 4. The van der Waals surface area contributed by atoms with E-state index >= 15 is 0 Å². The van der Waals surface area contributed by atoms with Gasteiger partial charge in [0.2, 0.25) is 0 Å². The summed E-state index contributed by atoms with van der Waals surface area (Å²) in [7, 11) is 0. The number of hydrogen-bond acceptors (Lipinski definition) is 6. The molecule has 0 aliphatic heterocycles. The molecule has 0 aromatic heterocycles. The molecule has 0 aliphatic carbocycles. The van der Waals surface area contributed by atoms with E-state index < -0.39 is 11.9 Å². The van der Waals surface area contributed by atoms with E-state index in [1.54, 1.807) is 6.07 Å². The summed E-state index contributed by atoms with van der Waals surface area (Å²) in [6.07, 6.45) is 2.17. The predicted molar refractivity (Wildman–Crippen MR) is 102 cm³/mol. The fourth-order valence-corrected chi connectivity index (χ4v) is 2.50. The normalized spacial score (nSPS) is 10.1. The van der Waals surface area contributed by atoms with Gasteiger partial charge in [-0.2, -0.15) is 0 Å². The summed E-state index contributed by atoms with van der Waals surface area (Å²) in [4.78, 5) is 22.1. The first kappa shape index (κ1) is 20.3. The van der Waals surface area contributed by atoms with Crippen LogP contribution in [0.5, 0.6) is 11.5 Å². The maximum atomic E-state index is 11.1. The van der Waals surface area contributed by atoms with Gasteiger partial charge in [0.1, 0.15) is 37.9 Å². The molecule has 0 aliphatic rings. The molecule has 0 amide bonds. The summed E-state index contributed by atoms with van der Waals surface area (Å²) in [5, 5.41) is 1.88. The Morgan fingerprint density at radius 1 is 0.889 bits per heavy atom. The van der Waals surface area contributed by atoms with E-state index in [0.717, 1.165) is 22.9 Å². The van der Waals surface area contributed by atoms with E-state index in [2.05, 4.69) is 13.2 Å². The van der Waals surface area contributed by atoms with Gasteiger partial charge >= 0.3 is 11.9 Å². The van der Waals surface area contributed by atoms with Gasteiger partial charge in [-0.05, 0) is 0 Å². The second-order valence-electron chi connectivity index (χ2n) is 5.17. The van der Waals surface area contributed by atoms with Crippen molar-refractivity contribution in [2.75, 3.05) is 26.4 Å². The highest BCUT2D eigenvalue weighted by molar-refractivity contribution is 6.33. The Balaban J connectivity index is 2.10. The lowest BCUT2D eigenvalue weighted by atomic mass is 10.1. The van der Waals surface area contributed by atoms with E-state index in [0.29, 0.717) is 16.5 Å². The molecule has 142 valence electrons. The molecule has 0 radical (unpaired) electrons. The van der Waals surface area contributed by atoms with Gasteiger partial charge in [0.15, 0.2) is 0 Å². The molecule has 0 saturated heterocycles. The Labute approximate surface area is 161 Å². The van der Waals surface area contributed by atoms with Crippen LogP contribution in [0.2, 0.25) is 5.02 Å². The van der Waals surface area contributed by atoms with Crippen LogP contribution in [0.15, 0.2) is 55.6 Å². The predicted octanol–water partition coefficient (Wildman–Crippen LogP) is 3.71. The maximum absolute atomic E-state index is 11.1. The first-order valence-corrected chi connectivity index (χ1v) is 8.49. The van der Waals surface area contributed by atoms with Crippen LogP contribution in [-0.2, 0) is 19.1 Å². The van der Waals surface area contributed by atoms with Gasteiger partial charge in [-0.3, -0.25) is 0 Å². The molecule has 7 heteroatoms. The highest BCUT2D eigenvalue weighted by atomic mass is 35.5. The molecule has 2 aromatic rings. The molecule has 27 heavy (non-hydrogen) atoms. The Hall–Kier alpha value is -2.99. The first-order valence-electron chi connectivity index (χ1n) is 8.12. The number of carbonyl (C=O) groups excluding carboxylic acids is 2. The molecule has 0 bridgehead atoms. The van der Waals surface area contributed by atoms with Crippen molar-refractivity contribution in [2.45, 2.75) is 0 Å². The van der Waals surface area contributed by atoms with Crippen molar-refractivity contribution in [3.8, 4) is 11.5 Å². The summed E-state index contributed by atoms with van der Waals surface area (Å²) >= 11 is 6.34. The van der Waals surface area contributed by atoms with Crippen molar-refractivity contribution in [3.63, 3.8) is 0 Å². The van der Waals surface area contributed by atoms with Crippen molar-refractivity contribution >= 4 is 34.3 Å². The smallest absolute Gasteiger partial charge is 0.330 e. The molecule has 0 saturated carbocycles. The van der Waals surface area contributed by atoms with Gasteiger partial charge in [-0.15, -0.1) is 0 Å². The summed E-state index contributed by atoms with van der Waals surface area (Å²) < 4.78 is 21.2. The molecular formula is C20H19ClO6. The highest BCUT2D eigenvalue weighted by Gasteiger charge is 2.13. The average Bonchev–Trinajstić information content (AvgIpc) is 2.69. The number of rotatable bonds is 10. The molecule has 0 spiro atoms. The minimum absolute atomic E-state index is 0.0719. The topological polar surface area (TPSA) is 71.1 Å². The van der Waals surface area contributed by atoms with Gasteiger partial charge in [-0.25, -0.2) is 9.59 Å². The molecular weight excluding hydrogens is 372 g/mol. The summed E-state index contributed by atoms with van der Waals surface area (Å²) in [6, 6.07) is 9.04. The lowest BCUT2D eigenvalue weighted by Crippen LogP contribution is -2.11. The fourth-order valence-electron chi connectivity index (χ4n) is 2.25. The van der Waals surface area contributed by atoms with Crippen LogP contribution in [0.3, 0.4) is 0 Å². The summed E-state index contributed by atoms with van der Waals surface area (Å²) in [6.45, 7) is 7.11. The van der Waals surface area contributed by atoms with E-state index in [1.165, 1.54) is 0 Å². The first-order chi connectivity index (χ1) is 13.1. The molecule has 0 N–H and O–H groups in total. The molecule has 2 aromatic carbocycles. The fraction of sp³-hybridized carbons (Fsp3) is 0.200. The minimum Gasteiger partial charge on any atom is -0.489 e. The number of carbonyl (C=O) groups is 2. The third-order valence-corrected chi connectivity index (χ3v) is 3.69. The van der Waals surface area contributed by atoms with Crippen molar-refractivity contribution in [1.82, 2.24) is 0 Å². The third kappa shape index (κ3) is 5.76. The molecule has 0 heterocycles. The monoisotopic (exact) mass is 390 g/mol. The van der Waals surface area contributed by atoms with Crippen molar-refractivity contribution in [2.24, 2.45) is 0 Å². The Kier molecular flexibility index (Phi) is 7.70. The van der Waals surface area contributed by atoms with Crippen LogP contribution in [0.4, 0.5) is 0 Å². The Bertz CT molecular complexity index is 846. The van der Waals surface area contributed by atoms with Gasteiger partial charge in [0.25, 0.3) is 0 Å². The van der Waals surface area contributed by atoms with Crippen molar-refractivity contribution in [1.29, 1.82) is 0 Å². The maximum Gasteiger partial charge on any atom is 0.330 e. The van der Waals surface area contributed by atoms with Crippen LogP contribution >= 0.6 is 11.6 Å². The minimum atomic E-state index is -0.518. The van der Waals surface area contributed by atoms with Crippen molar-refractivity contribution < 1.29 is 28.5 Å². The lowest BCUT2D eigenvalue weighted by Gasteiger charge is -2.15. The highest BCUT2D eigenvalue weighted by Crippen LogP contribution is 2.39. The second-order valence-corrected chi connectivity index (χ2v) is 5.58. The summed E-state index contributed by atoms with van der Waals surface area (Å²) in [5.41, 5.74) is 0. The lowest BCUT2D eigenvalue weighted by molar-refractivity contribution is -0.139. The average molecular weight is 391 g/mol. The number of fused-ring (bicyclic) bond motifs is 1. The third-order valence-electron chi connectivity index (χ3n) is 3.40. The van der Waals surface area contributed by atoms with Crippen LogP contribution < -0.4 is 9.47 Å². The van der Waals surface area contributed by atoms with Crippen LogP contribution in [-0.4, -0.2) is 38.4 Å². The van der Waals surface area contributed by atoms with Crippen LogP contribution in [0, 0.1) is 0 Å². The molecule has 6 nitrogen and oxygen atoms in total. The summed E-state index contributed by atoms with van der Waals surface area (Å²) in [5.74, 6) is -0.0270. The molecule has 0 unspecified atom stereocenters. The molecule has 2 rings (SSSR count). The van der Waals surface area contributed by atoms with E-state index in [-0.39, 0.29) is 26.4 Å². The van der Waals surface area contributed by atoms with Crippen LogP contribution in [0.25, 0.3) is 10.8 Å². The number of hydrogen-bond donors (Lipinski definition) is 0. The molecule has 0 fully saturated rings.